The number of para-hydroxylation sites is 1. The van der Waals surface area contributed by atoms with E-state index >= 15 is 0 Å². The van der Waals surface area contributed by atoms with Gasteiger partial charge in [0, 0.05) is 38.9 Å². The molecule has 0 saturated carbocycles. The van der Waals surface area contributed by atoms with Crippen molar-refractivity contribution in [1.29, 1.82) is 0 Å². The van der Waals surface area contributed by atoms with Crippen molar-refractivity contribution in [3.8, 4) is 39.4 Å². The van der Waals surface area contributed by atoms with E-state index in [0.29, 0.717) is 0 Å². The summed E-state index contributed by atoms with van der Waals surface area (Å²) < 4.78 is 8.53. The molecule has 1 aromatic heterocycles. The van der Waals surface area contributed by atoms with Gasteiger partial charge in [0.05, 0.1) is 11.0 Å². The zero-order chi connectivity index (χ0) is 55.8. The lowest BCUT2D eigenvalue weighted by molar-refractivity contribution is 0.482. The molecule has 0 N–H and O–H groups in total. The quantitative estimate of drug-likeness (QED) is 0.0846. The van der Waals surface area contributed by atoms with Gasteiger partial charge in [0.15, 0.2) is 0 Å². The van der Waals surface area contributed by atoms with Crippen LogP contribution in [0.15, 0.2) is 262 Å². The summed E-state index contributed by atoms with van der Waals surface area (Å²) in [5.41, 5.74) is 20.6. The maximum atomic E-state index is 6.15. The van der Waals surface area contributed by atoms with Crippen LogP contribution in [0.5, 0.6) is 11.5 Å². The molecule has 0 bridgehead atoms. The largest absolute Gasteiger partial charge is 0.457 e. The average molecular weight is 1060 g/mol. The molecule has 0 aliphatic heterocycles. The fourth-order valence-corrected chi connectivity index (χ4v) is 12.8. The number of hydrogen-bond acceptors (Lipinski definition) is 2. The summed E-state index contributed by atoms with van der Waals surface area (Å²) in [5.74, 6) is 1.68. The Labute approximate surface area is 483 Å². The Hall–Kier alpha value is -9.44. The van der Waals surface area contributed by atoms with Crippen LogP contribution in [0.25, 0.3) is 72.7 Å². The number of ether oxygens (including phenoxy) is 1. The van der Waals surface area contributed by atoms with E-state index < -0.39 is 0 Å². The van der Waals surface area contributed by atoms with Crippen LogP contribution in [0.4, 0.5) is 17.1 Å². The number of aromatic nitrogens is 1. The summed E-state index contributed by atoms with van der Waals surface area (Å²) in [4.78, 5) is 2.47. The molecule has 1 aliphatic carbocycles. The highest BCUT2D eigenvalue weighted by molar-refractivity contribution is 6.10. The molecule has 0 fully saturated rings. The first-order valence-corrected chi connectivity index (χ1v) is 29.2. The molecule has 13 rings (SSSR count). The molecule has 82 heavy (non-hydrogen) atoms. The van der Waals surface area contributed by atoms with E-state index in [4.69, 9.17) is 4.74 Å². The lowest BCUT2D eigenvalue weighted by Crippen LogP contribution is -2.27. The van der Waals surface area contributed by atoms with Gasteiger partial charge in [-0.05, 0) is 188 Å². The van der Waals surface area contributed by atoms with Crippen LogP contribution < -0.4 is 9.64 Å². The molecule has 0 saturated heterocycles. The normalized spacial score (nSPS) is 13.7. The zero-order valence-electron chi connectivity index (χ0n) is 47.3. The highest BCUT2D eigenvalue weighted by Crippen LogP contribution is 2.57. The Kier molecular flexibility index (Phi) is 13.9. The minimum absolute atomic E-state index is 0.0391. The van der Waals surface area contributed by atoms with Crippen LogP contribution in [0.1, 0.15) is 91.8 Å². The van der Waals surface area contributed by atoms with E-state index in [0.717, 1.165) is 83.9 Å². The van der Waals surface area contributed by atoms with Crippen molar-refractivity contribution in [2.75, 3.05) is 4.90 Å². The SMILES string of the molecule is C=Cc1ccc(Oc2ccc(CCCCCCC3(c4ccc(C(C)(C)C)cc4)c4ccccc4-c4ccc(N(c5ccc(-c6ccc7c(c6)c6ccccc6n7-c6ccc(C=C)cc6)cc5)c5ccc6ccccc6c5)cc43)cc2)cc1. The first-order valence-electron chi connectivity index (χ1n) is 29.2. The highest BCUT2D eigenvalue weighted by atomic mass is 16.5. The molecule has 3 nitrogen and oxygen atoms in total. The third kappa shape index (κ3) is 9.81. The minimum Gasteiger partial charge on any atom is -0.457 e. The third-order valence-electron chi connectivity index (χ3n) is 17.2. The zero-order valence-corrected chi connectivity index (χ0v) is 47.3. The van der Waals surface area contributed by atoms with E-state index in [1.165, 1.54) is 82.6 Å². The second kappa shape index (κ2) is 21.9. The van der Waals surface area contributed by atoms with Crippen molar-refractivity contribution in [1.82, 2.24) is 4.57 Å². The number of aryl methyl sites for hydroxylation is 1. The maximum Gasteiger partial charge on any atom is 0.127 e. The number of anilines is 3. The van der Waals surface area contributed by atoms with Gasteiger partial charge in [-0.3, -0.25) is 0 Å². The fraction of sp³-hybridized carbons (Fsp3) is 0.139. The van der Waals surface area contributed by atoms with Gasteiger partial charge in [-0.2, -0.15) is 0 Å². The van der Waals surface area contributed by atoms with Crippen LogP contribution in [-0.2, 0) is 17.3 Å². The van der Waals surface area contributed by atoms with Gasteiger partial charge in [-0.25, -0.2) is 0 Å². The number of benzene rings is 11. The fourth-order valence-electron chi connectivity index (χ4n) is 12.8. The minimum atomic E-state index is -0.351. The molecule has 0 amide bonds. The number of nitrogens with zero attached hydrogens (tertiary/aromatic N) is 2. The van der Waals surface area contributed by atoms with E-state index in [2.05, 4.69) is 268 Å². The van der Waals surface area contributed by atoms with Crippen LogP contribution in [0, 0.1) is 0 Å². The molecule has 0 radical (unpaired) electrons. The van der Waals surface area contributed by atoms with Crippen molar-refractivity contribution in [2.45, 2.75) is 70.1 Å². The maximum absolute atomic E-state index is 6.15. The van der Waals surface area contributed by atoms with Gasteiger partial charge < -0.3 is 14.2 Å². The van der Waals surface area contributed by atoms with Gasteiger partial charge in [0.1, 0.15) is 11.5 Å². The van der Waals surface area contributed by atoms with Crippen molar-refractivity contribution in [3.63, 3.8) is 0 Å². The number of unbranched alkanes of at least 4 members (excludes halogenated alkanes) is 3. The second-order valence-electron chi connectivity index (χ2n) is 23.2. The summed E-state index contributed by atoms with van der Waals surface area (Å²) in [5, 5.41) is 4.91. The predicted molar refractivity (Wildman–Crippen MR) is 349 cm³/mol. The standard InChI is InChI=1S/C79H68N2O/c1-6-55-25-39-65(40-26-55)81-76-24-16-14-22-72(76)73-53-61(34-50-77(73)81)59-31-41-64(42-32-59)80(66-43-33-58-19-11-12-20-60(58)52-66)67-44-49-71-70-21-13-15-23-74(70)79(75(71)54-67,63-37-35-62(36-38-63)78(3,4)5)51-17-9-8-10-18-57-29-47-69(48-30-57)82-68-45-27-56(7-2)28-46-68/h6-7,11-16,19-50,52-54H,1-2,8-10,17-18,51H2,3-5H3. The molecule has 1 atom stereocenters. The number of rotatable bonds is 17. The van der Waals surface area contributed by atoms with E-state index in [1.807, 2.05) is 36.4 Å². The lowest BCUT2D eigenvalue weighted by Gasteiger charge is -2.35. The first kappa shape index (κ1) is 52.0. The van der Waals surface area contributed by atoms with Gasteiger partial charge in [-0.1, -0.05) is 223 Å². The molecule has 400 valence electrons. The van der Waals surface area contributed by atoms with E-state index in [1.54, 1.807) is 0 Å². The molecule has 12 aromatic rings. The van der Waals surface area contributed by atoms with Crippen LogP contribution in [0.3, 0.4) is 0 Å². The molecular weight excluding hydrogens is 993 g/mol. The van der Waals surface area contributed by atoms with Gasteiger partial charge in [-0.15, -0.1) is 0 Å². The molecule has 3 heteroatoms. The Morgan fingerprint density at radius 2 is 1.06 bits per heavy atom. The van der Waals surface area contributed by atoms with E-state index in [9.17, 15) is 0 Å². The van der Waals surface area contributed by atoms with Crippen molar-refractivity contribution >= 4 is 61.8 Å². The number of fused-ring (bicyclic) bond motifs is 7. The topological polar surface area (TPSA) is 17.4 Å². The monoisotopic (exact) mass is 1060 g/mol. The summed E-state index contributed by atoms with van der Waals surface area (Å²) in [6.45, 7) is 14.8. The van der Waals surface area contributed by atoms with E-state index in [-0.39, 0.29) is 10.8 Å². The number of hydrogen-bond donors (Lipinski definition) is 0. The van der Waals surface area contributed by atoms with Gasteiger partial charge in [0.25, 0.3) is 0 Å². The molecule has 1 aliphatic rings. The molecular formula is C79H68N2O. The molecule has 1 heterocycles. The first-order chi connectivity index (χ1) is 40.1. The van der Waals surface area contributed by atoms with Crippen LogP contribution >= 0.6 is 0 Å². The summed E-state index contributed by atoms with van der Waals surface area (Å²) in [6, 6.07) is 92.0. The average Bonchev–Trinajstić information content (AvgIpc) is 2.01. The summed E-state index contributed by atoms with van der Waals surface area (Å²) in [7, 11) is 0. The Morgan fingerprint density at radius 1 is 0.463 bits per heavy atom. The second-order valence-corrected chi connectivity index (χ2v) is 23.2. The highest BCUT2D eigenvalue weighted by Gasteiger charge is 2.44. The third-order valence-corrected chi connectivity index (χ3v) is 17.2. The Balaban J connectivity index is 0.840. The Bertz CT molecular complexity index is 4290. The Morgan fingerprint density at radius 3 is 1.80 bits per heavy atom. The predicted octanol–water partition coefficient (Wildman–Crippen LogP) is 22.0. The van der Waals surface area contributed by atoms with Crippen molar-refractivity contribution < 1.29 is 4.74 Å². The molecule has 11 aromatic carbocycles. The van der Waals surface area contributed by atoms with Crippen LogP contribution in [0.2, 0.25) is 0 Å². The molecule has 0 spiro atoms. The lowest BCUT2D eigenvalue weighted by atomic mass is 9.68. The van der Waals surface area contributed by atoms with Gasteiger partial charge >= 0.3 is 0 Å². The smallest absolute Gasteiger partial charge is 0.127 e. The molecule has 1 unspecified atom stereocenters. The van der Waals surface area contributed by atoms with Crippen molar-refractivity contribution in [2.24, 2.45) is 0 Å². The van der Waals surface area contributed by atoms with Gasteiger partial charge in [0.2, 0.25) is 0 Å². The summed E-state index contributed by atoms with van der Waals surface area (Å²) >= 11 is 0. The summed E-state index contributed by atoms with van der Waals surface area (Å²) in [6.07, 6.45) is 10.3. The van der Waals surface area contributed by atoms with Crippen molar-refractivity contribution in [3.05, 3.63) is 301 Å². The van der Waals surface area contributed by atoms with Crippen LogP contribution in [-0.4, -0.2) is 4.57 Å².